The first-order chi connectivity index (χ1) is 3.18. The van der Waals surface area contributed by atoms with Crippen LogP contribution in [0.4, 0.5) is 4.79 Å². The first-order valence-corrected chi connectivity index (χ1v) is 2.32. The van der Waals surface area contributed by atoms with E-state index in [2.05, 4.69) is 12.6 Å². The van der Waals surface area contributed by atoms with Gasteiger partial charge >= 0.3 is 0 Å². The minimum Gasteiger partial charge on any atom is -0.718 e. The van der Waals surface area contributed by atoms with Crippen LogP contribution in [-0.2, 0) is 12.6 Å². The number of nitrogens with zero attached hydrogens (tertiary/aromatic N) is 1. The van der Waals surface area contributed by atoms with E-state index in [0.29, 0.717) is 6.54 Å². The standard InChI is InChI=1S/C3H8N2OS/c1-2-5(4)3(6)7/h2,4H2,1H3,(H,6,7)/p-1. The number of rotatable bonds is 1. The molecule has 0 spiro atoms. The molecule has 3 nitrogen and oxygen atoms in total. The van der Waals surface area contributed by atoms with Gasteiger partial charge in [0.05, 0.1) is 0 Å². The van der Waals surface area contributed by atoms with Gasteiger partial charge in [-0.25, -0.2) is 5.84 Å². The molecule has 2 N–H and O–H groups in total. The lowest BCUT2D eigenvalue weighted by Gasteiger charge is -2.16. The maximum absolute atomic E-state index is 9.99. The van der Waals surface area contributed by atoms with Crippen molar-refractivity contribution in [3.8, 4) is 0 Å². The quantitative estimate of drug-likeness (QED) is 0.226. The summed E-state index contributed by atoms with van der Waals surface area (Å²) in [6.45, 7) is 2.23. The third-order valence-corrected chi connectivity index (χ3v) is 0.810. The highest BCUT2D eigenvalue weighted by Gasteiger charge is 1.85. The average molecular weight is 119 g/mol. The second kappa shape index (κ2) is 2.76. The van der Waals surface area contributed by atoms with Crippen molar-refractivity contribution in [3.05, 3.63) is 0 Å². The highest BCUT2D eigenvalue weighted by molar-refractivity contribution is 7.76. The van der Waals surface area contributed by atoms with E-state index >= 15 is 0 Å². The number of hydrazine groups is 1. The molecule has 0 atom stereocenters. The molecule has 0 saturated heterocycles. The van der Waals surface area contributed by atoms with Crippen LogP contribution in [0.1, 0.15) is 6.92 Å². The third kappa shape index (κ3) is 2.36. The molecule has 0 aliphatic carbocycles. The van der Waals surface area contributed by atoms with Crippen molar-refractivity contribution >= 4 is 17.9 Å². The van der Waals surface area contributed by atoms with Crippen molar-refractivity contribution in [1.82, 2.24) is 5.01 Å². The van der Waals surface area contributed by atoms with Gasteiger partial charge in [-0.05, 0) is 6.92 Å². The Morgan fingerprint density at radius 2 is 2.43 bits per heavy atom. The van der Waals surface area contributed by atoms with Crippen molar-refractivity contribution in [1.29, 1.82) is 0 Å². The van der Waals surface area contributed by atoms with Crippen LogP contribution >= 0.6 is 0 Å². The molecule has 4 heteroatoms. The predicted molar refractivity (Wildman–Crippen MR) is 29.3 cm³/mol. The Morgan fingerprint density at radius 3 is 2.43 bits per heavy atom. The molecule has 0 aliphatic rings. The Hall–Kier alpha value is -0.350. The van der Waals surface area contributed by atoms with Gasteiger partial charge in [-0.2, -0.15) is 0 Å². The normalized spacial score (nSPS) is 8.29. The van der Waals surface area contributed by atoms with Crippen LogP contribution in [0, 0.1) is 0 Å². The molecule has 0 aromatic carbocycles. The zero-order valence-corrected chi connectivity index (χ0v) is 4.86. The van der Waals surface area contributed by atoms with Crippen LogP contribution in [0.5, 0.6) is 0 Å². The van der Waals surface area contributed by atoms with Gasteiger partial charge < -0.3 is 17.4 Å². The van der Waals surface area contributed by atoms with E-state index in [4.69, 9.17) is 5.84 Å². The molecule has 0 bridgehead atoms. The molecule has 0 rings (SSSR count). The summed E-state index contributed by atoms with van der Waals surface area (Å²) in [4.78, 5) is 9.99. The van der Waals surface area contributed by atoms with Gasteiger partial charge in [-0.3, -0.25) is 5.01 Å². The Bertz CT molecular complexity index is 75.3. The van der Waals surface area contributed by atoms with Crippen LogP contribution in [0.2, 0.25) is 0 Å². The zero-order valence-electron chi connectivity index (χ0n) is 4.05. The minimum absolute atomic E-state index is 0.475. The van der Waals surface area contributed by atoms with Crippen LogP contribution in [0.3, 0.4) is 0 Å². The summed E-state index contributed by atoms with van der Waals surface area (Å²) in [6, 6.07) is 0. The van der Waals surface area contributed by atoms with Crippen LogP contribution in [0.15, 0.2) is 0 Å². The van der Waals surface area contributed by atoms with Gasteiger partial charge in [0.15, 0.2) is 0 Å². The van der Waals surface area contributed by atoms with E-state index in [-0.39, 0.29) is 0 Å². The maximum atomic E-state index is 9.99. The van der Waals surface area contributed by atoms with Gasteiger partial charge in [-0.1, -0.05) is 0 Å². The van der Waals surface area contributed by atoms with Gasteiger partial charge in [0.25, 0.3) is 0 Å². The van der Waals surface area contributed by atoms with Crippen molar-refractivity contribution in [2.45, 2.75) is 6.92 Å². The molecular weight excluding hydrogens is 112 g/mol. The number of hydrogen-bond acceptors (Lipinski definition) is 3. The van der Waals surface area contributed by atoms with E-state index in [1.807, 2.05) is 0 Å². The molecular formula is C3H7N2OS-. The van der Waals surface area contributed by atoms with E-state index in [1.54, 1.807) is 6.92 Å². The molecule has 0 aromatic rings. The summed E-state index contributed by atoms with van der Waals surface area (Å²) < 4.78 is 0. The topological polar surface area (TPSA) is 46.3 Å². The number of carbonyl (C=O) groups excluding carboxylic acids is 1. The predicted octanol–water partition coefficient (Wildman–Crippen LogP) is -0.151. The van der Waals surface area contributed by atoms with Gasteiger partial charge in [0, 0.05) is 6.54 Å². The summed E-state index contributed by atoms with van der Waals surface area (Å²) in [5, 5.41) is 0.456. The fourth-order valence-corrected chi connectivity index (χ4v) is 0.258. The van der Waals surface area contributed by atoms with Gasteiger partial charge in [-0.15, -0.1) is 0 Å². The van der Waals surface area contributed by atoms with Gasteiger partial charge in [0.1, 0.15) is 5.24 Å². The number of amides is 1. The number of hydrogen-bond donors (Lipinski definition) is 1. The van der Waals surface area contributed by atoms with E-state index in [9.17, 15) is 4.79 Å². The lowest BCUT2D eigenvalue weighted by atomic mass is 10.7. The Morgan fingerprint density at radius 1 is 2.00 bits per heavy atom. The second-order valence-corrected chi connectivity index (χ2v) is 1.40. The van der Waals surface area contributed by atoms with E-state index in [0.717, 1.165) is 5.01 Å². The third-order valence-electron chi connectivity index (χ3n) is 0.575. The van der Waals surface area contributed by atoms with Crippen molar-refractivity contribution < 1.29 is 4.79 Å². The highest BCUT2D eigenvalue weighted by Crippen LogP contribution is 1.75. The Balaban J connectivity index is 3.34. The van der Waals surface area contributed by atoms with E-state index < -0.39 is 5.24 Å². The minimum atomic E-state index is -0.512. The monoisotopic (exact) mass is 119 g/mol. The number of carbonyl (C=O) groups is 1. The SMILES string of the molecule is CCN(N)C(=O)[S-]. The second-order valence-electron chi connectivity index (χ2n) is 1.05. The summed E-state index contributed by atoms with van der Waals surface area (Å²) >= 11 is 4.16. The summed E-state index contributed by atoms with van der Waals surface area (Å²) in [7, 11) is 0. The Labute approximate surface area is 47.9 Å². The smallest absolute Gasteiger partial charge is 0.115 e. The van der Waals surface area contributed by atoms with Crippen LogP contribution < -0.4 is 5.84 Å². The maximum Gasteiger partial charge on any atom is 0.115 e. The first-order valence-electron chi connectivity index (χ1n) is 1.91. The average Bonchev–Trinajstić information content (AvgIpc) is 1.65. The fraction of sp³-hybridized carbons (Fsp3) is 0.667. The molecule has 0 fully saturated rings. The lowest BCUT2D eigenvalue weighted by molar-refractivity contribution is 0.227. The zero-order chi connectivity index (χ0) is 5.86. The highest BCUT2D eigenvalue weighted by atomic mass is 32.1. The molecule has 0 saturated carbocycles. The largest absolute Gasteiger partial charge is 0.718 e. The summed E-state index contributed by atoms with van der Waals surface area (Å²) in [6.07, 6.45) is 0. The molecule has 0 unspecified atom stereocenters. The molecule has 0 aromatic heterocycles. The molecule has 0 aliphatic heterocycles. The van der Waals surface area contributed by atoms with Gasteiger partial charge in [0.2, 0.25) is 0 Å². The fourth-order valence-electron chi connectivity index (χ4n) is 0.129. The molecule has 1 amide bonds. The molecule has 0 radical (unpaired) electrons. The Kier molecular flexibility index (Phi) is 2.62. The van der Waals surface area contributed by atoms with Crippen LogP contribution in [-0.4, -0.2) is 16.8 Å². The number of nitrogens with two attached hydrogens (primary N) is 1. The van der Waals surface area contributed by atoms with Crippen molar-refractivity contribution in [2.75, 3.05) is 6.54 Å². The molecule has 42 valence electrons. The molecule has 0 heterocycles. The summed E-state index contributed by atoms with van der Waals surface area (Å²) in [5.41, 5.74) is 0. The molecule has 7 heavy (non-hydrogen) atoms. The van der Waals surface area contributed by atoms with E-state index in [1.165, 1.54) is 0 Å². The lowest BCUT2D eigenvalue weighted by Crippen LogP contribution is -2.34. The van der Waals surface area contributed by atoms with Crippen molar-refractivity contribution in [3.63, 3.8) is 0 Å². The van der Waals surface area contributed by atoms with Crippen molar-refractivity contribution in [2.24, 2.45) is 5.84 Å². The van der Waals surface area contributed by atoms with Crippen LogP contribution in [0.25, 0.3) is 0 Å². The first kappa shape index (κ1) is 6.65. The summed E-state index contributed by atoms with van der Waals surface area (Å²) in [5.74, 6) is 5.00.